The van der Waals surface area contributed by atoms with Crippen LogP contribution in [-0.4, -0.2) is 60.1 Å². The standard InChI is InChI=1S/C19H29N3O3/c1-15-6-8-16(9-7-15)25-14-17(23)21-10-5-11-22(13-12-21)18(24)20-19(2,3)4/h6-9H,5,10-14H2,1-4H3,(H,20,24). The van der Waals surface area contributed by atoms with Crippen molar-refractivity contribution < 1.29 is 14.3 Å². The molecule has 1 aromatic carbocycles. The molecule has 0 unspecified atom stereocenters. The zero-order valence-corrected chi connectivity index (χ0v) is 15.7. The number of benzene rings is 1. The van der Waals surface area contributed by atoms with Crippen LogP contribution in [0.2, 0.25) is 0 Å². The molecule has 0 radical (unpaired) electrons. The molecule has 1 aliphatic heterocycles. The largest absolute Gasteiger partial charge is 0.484 e. The molecule has 1 aromatic rings. The van der Waals surface area contributed by atoms with Crippen molar-refractivity contribution in [1.82, 2.24) is 15.1 Å². The average molecular weight is 347 g/mol. The summed E-state index contributed by atoms with van der Waals surface area (Å²) in [7, 11) is 0. The van der Waals surface area contributed by atoms with Crippen molar-refractivity contribution in [2.75, 3.05) is 32.8 Å². The zero-order chi connectivity index (χ0) is 18.4. The van der Waals surface area contributed by atoms with Crippen molar-refractivity contribution in [3.8, 4) is 5.75 Å². The predicted molar refractivity (Wildman–Crippen MR) is 97.7 cm³/mol. The van der Waals surface area contributed by atoms with E-state index in [1.807, 2.05) is 52.0 Å². The van der Waals surface area contributed by atoms with Gasteiger partial charge in [-0.15, -0.1) is 0 Å². The van der Waals surface area contributed by atoms with E-state index in [2.05, 4.69) is 5.32 Å². The van der Waals surface area contributed by atoms with Crippen LogP contribution < -0.4 is 10.1 Å². The van der Waals surface area contributed by atoms with Crippen molar-refractivity contribution >= 4 is 11.9 Å². The van der Waals surface area contributed by atoms with E-state index in [-0.39, 0.29) is 24.1 Å². The SMILES string of the molecule is Cc1ccc(OCC(=O)N2CCCN(C(=O)NC(C)(C)C)CC2)cc1. The van der Waals surface area contributed by atoms with Gasteiger partial charge in [0.2, 0.25) is 0 Å². The third-order valence-electron chi connectivity index (χ3n) is 4.00. The van der Waals surface area contributed by atoms with E-state index < -0.39 is 0 Å². The van der Waals surface area contributed by atoms with E-state index in [0.717, 1.165) is 12.0 Å². The molecule has 1 saturated heterocycles. The molecule has 25 heavy (non-hydrogen) atoms. The van der Waals surface area contributed by atoms with E-state index in [4.69, 9.17) is 4.74 Å². The van der Waals surface area contributed by atoms with E-state index >= 15 is 0 Å². The third kappa shape index (κ3) is 6.29. The van der Waals surface area contributed by atoms with Crippen LogP contribution in [0.5, 0.6) is 5.75 Å². The summed E-state index contributed by atoms with van der Waals surface area (Å²) >= 11 is 0. The Morgan fingerprint density at radius 1 is 1.04 bits per heavy atom. The summed E-state index contributed by atoms with van der Waals surface area (Å²) in [5.41, 5.74) is 0.889. The highest BCUT2D eigenvalue weighted by atomic mass is 16.5. The van der Waals surface area contributed by atoms with Crippen LogP contribution in [0.3, 0.4) is 0 Å². The lowest BCUT2D eigenvalue weighted by atomic mass is 10.1. The van der Waals surface area contributed by atoms with Gasteiger partial charge in [-0.25, -0.2) is 4.79 Å². The number of hydrogen-bond acceptors (Lipinski definition) is 3. The fourth-order valence-corrected chi connectivity index (χ4v) is 2.64. The number of urea groups is 1. The fraction of sp³-hybridized carbons (Fsp3) is 0.579. The number of nitrogens with one attached hydrogen (secondary N) is 1. The van der Waals surface area contributed by atoms with Gasteiger partial charge < -0.3 is 19.9 Å². The van der Waals surface area contributed by atoms with Crippen LogP contribution in [0.25, 0.3) is 0 Å². The summed E-state index contributed by atoms with van der Waals surface area (Å²) in [6.45, 7) is 10.3. The molecule has 6 nitrogen and oxygen atoms in total. The summed E-state index contributed by atoms with van der Waals surface area (Å²) in [6, 6.07) is 7.57. The maximum atomic E-state index is 12.4. The van der Waals surface area contributed by atoms with Gasteiger partial charge in [0.15, 0.2) is 6.61 Å². The fourth-order valence-electron chi connectivity index (χ4n) is 2.64. The van der Waals surface area contributed by atoms with Gasteiger partial charge in [-0.2, -0.15) is 0 Å². The number of hydrogen-bond donors (Lipinski definition) is 1. The highest BCUT2D eigenvalue weighted by molar-refractivity contribution is 5.78. The van der Waals surface area contributed by atoms with Gasteiger partial charge in [0.25, 0.3) is 5.91 Å². The van der Waals surface area contributed by atoms with Crippen molar-refractivity contribution in [3.63, 3.8) is 0 Å². The second-order valence-electron chi connectivity index (χ2n) is 7.50. The van der Waals surface area contributed by atoms with Gasteiger partial charge in [0.1, 0.15) is 5.75 Å². The molecular weight excluding hydrogens is 318 g/mol. The van der Waals surface area contributed by atoms with Crippen molar-refractivity contribution in [2.45, 2.75) is 39.7 Å². The number of ether oxygens (including phenoxy) is 1. The second-order valence-corrected chi connectivity index (χ2v) is 7.50. The minimum atomic E-state index is -0.263. The van der Waals surface area contributed by atoms with Gasteiger partial charge in [-0.3, -0.25) is 4.79 Å². The van der Waals surface area contributed by atoms with Gasteiger partial charge >= 0.3 is 6.03 Å². The van der Waals surface area contributed by atoms with Crippen molar-refractivity contribution in [2.24, 2.45) is 0 Å². The monoisotopic (exact) mass is 347 g/mol. The van der Waals surface area contributed by atoms with E-state index in [9.17, 15) is 9.59 Å². The number of carbonyl (C=O) groups is 2. The van der Waals surface area contributed by atoms with Crippen molar-refractivity contribution in [3.05, 3.63) is 29.8 Å². The second kappa shape index (κ2) is 8.23. The number of carbonyl (C=O) groups excluding carboxylic acids is 2. The first-order chi connectivity index (χ1) is 11.7. The van der Waals surface area contributed by atoms with Gasteiger partial charge in [-0.05, 0) is 46.2 Å². The summed E-state index contributed by atoms with van der Waals surface area (Å²) < 4.78 is 5.57. The number of nitrogens with zero attached hydrogens (tertiary/aromatic N) is 2. The predicted octanol–water partition coefficient (Wildman–Crippen LogP) is 2.42. The topological polar surface area (TPSA) is 61.9 Å². The Hall–Kier alpha value is -2.24. The molecule has 1 N–H and O–H groups in total. The summed E-state index contributed by atoms with van der Waals surface area (Å²) in [6.07, 6.45) is 0.772. The van der Waals surface area contributed by atoms with E-state index in [1.165, 1.54) is 0 Å². The Kier molecular flexibility index (Phi) is 6.28. The zero-order valence-electron chi connectivity index (χ0n) is 15.7. The first kappa shape index (κ1) is 19.1. The van der Waals surface area contributed by atoms with Crippen LogP contribution in [0.1, 0.15) is 32.8 Å². The summed E-state index contributed by atoms with van der Waals surface area (Å²) in [5.74, 6) is 0.651. The lowest BCUT2D eigenvalue weighted by molar-refractivity contribution is -0.133. The third-order valence-corrected chi connectivity index (χ3v) is 4.00. The molecule has 1 heterocycles. The minimum Gasteiger partial charge on any atom is -0.484 e. The Labute approximate surface area is 150 Å². The van der Waals surface area contributed by atoms with Crippen molar-refractivity contribution in [1.29, 1.82) is 0 Å². The summed E-state index contributed by atoms with van der Waals surface area (Å²) in [5, 5.41) is 2.97. The number of amides is 3. The molecule has 2 rings (SSSR count). The maximum absolute atomic E-state index is 12.4. The molecule has 1 fully saturated rings. The molecule has 0 spiro atoms. The molecular formula is C19H29N3O3. The van der Waals surface area contributed by atoms with Crippen LogP contribution in [0, 0.1) is 6.92 Å². The molecule has 0 saturated carbocycles. The number of aryl methyl sites for hydroxylation is 1. The minimum absolute atomic E-state index is 0.0250. The molecule has 0 aromatic heterocycles. The van der Waals surface area contributed by atoms with Crippen LogP contribution in [0.4, 0.5) is 4.79 Å². The smallest absolute Gasteiger partial charge is 0.317 e. The number of rotatable bonds is 3. The highest BCUT2D eigenvalue weighted by Crippen LogP contribution is 2.12. The van der Waals surface area contributed by atoms with Gasteiger partial charge in [-0.1, -0.05) is 17.7 Å². The van der Waals surface area contributed by atoms with E-state index in [0.29, 0.717) is 31.9 Å². The van der Waals surface area contributed by atoms with Crippen LogP contribution >= 0.6 is 0 Å². The Balaban J connectivity index is 1.82. The average Bonchev–Trinajstić information content (AvgIpc) is 2.78. The molecule has 138 valence electrons. The van der Waals surface area contributed by atoms with Gasteiger partial charge in [0.05, 0.1) is 0 Å². The molecule has 1 aliphatic rings. The Bertz CT molecular complexity index is 593. The van der Waals surface area contributed by atoms with Crippen LogP contribution in [-0.2, 0) is 4.79 Å². The lowest BCUT2D eigenvalue weighted by Gasteiger charge is -2.27. The molecule has 0 aliphatic carbocycles. The molecule has 3 amide bonds. The first-order valence-corrected chi connectivity index (χ1v) is 8.79. The molecule has 6 heteroatoms. The maximum Gasteiger partial charge on any atom is 0.317 e. The van der Waals surface area contributed by atoms with E-state index in [1.54, 1.807) is 9.80 Å². The lowest BCUT2D eigenvalue weighted by Crippen LogP contribution is -2.49. The molecule has 0 bridgehead atoms. The normalized spacial score (nSPS) is 15.5. The molecule has 0 atom stereocenters. The first-order valence-electron chi connectivity index (χ1n) is 8.79. The highest BCUT2D eigenvalue weighted by Gasteiger charge is 2.24. The quantitative estimate of drug-likeness (QED) is 0.913. The Morgan fingerprint density at radius 2 is 1.64 bits per heavy atom. The van der Waals surface area contributed by atoms with Crippen LogP contribution in [0.15, 0.2) is 24.3 Å². The summed E-state index contributed by atoms with van der Waals surface area (Å²) in [4.78, 5) is 28.2. The van der Waals surface area contributed by atoms with Gasteiger partial charge in [0, 0.05) is 31.7 Å². The Morgan fingerprint density at radius 3 is 2.28 bits per heavy atom.